The van der Waals surface area contributed by atoms with Gasteiger partial charge in [0, 0.05) is 41.6 Å². The van der Waals surface area contributed by atoms with E-state index < -0.39 is 18.0 Å². The van der Waals surface area contributed by atoms with Gasteiger partial charge in [-0.1, -0.05) is 28.1 Å². The lowest BCUT2D eigenvalue weighted by molar-refractivity contribution is -0.120. The molecule has 0 bridgehead atoms. The van der Waals surface area contributed by atoms with Crippen LogP contribution in [-0.4, -0.2) is 39.8 Å². The van der Waals surface area contributed by atoms with Gasteiger partial charge in [0.1, 0.15) is 6.04 Å². The van der Waals surface area contributed by atoms with Crippen molar-refractivity contribution < 1.29 is 14.0 Å². The molecule has 2 amide bonds. The molecule has 0 fully saturated rings. The molecule has 0 spiro atoms. The van der Waals surface area contributed by atoms with Gasteiger partial charge in [-0.25, -0.2) is 9.78 Å². The SMILES string of the molecule is CN1C(=O)C(NC(=O)n2cc(Cc3cccnc3F)cn2)CCc2ccc(Br)cc21. The maximum absolute atomic E-state index is 13.7. The van der Waals surface area contributed by atoms with Gasteiger partial charge >= 0.3 is 6.03 Å². The van der Waals surface area contributed by atoms with Gasteiger partial charge < -0.3 is 10.2 Å². The van der Waals surface area contributed by atoms with Crippen LogP contribution in [0.4, 0.5) is 14.9 Å². The van der Waals surface area contributed by atoms with Crippen molar-refractivity contribution in [2.24, 2.45) is 0 Å². The Hall–Kier alpha value is -3.07. The zero-order chi connectivity index (χ0) is 21.3. The highest BCUT2D eigenvalue weighted by atomic mass is 79.9. The second kappa shape index (κ2) is 8.35. The molecule has 0 radical (unpaired) electrons. The number of halogens is 2. The molecule has 1 aromatic carbocycles. The number of hydrogen-bond acceptors (Lipinski definition) is 4. The number of aromatic nitrogens is 3. The average Bonchev–Trinajstić information content (AvgIpc) is 3.17. The standard InChI is InChI=1S/C21H19BrFN5O2/c1-27-18-10-16(22)6-4-14(18)5-7-17(20(27)29)26-21(30)28-12-13(11-25-28)9-15-3-2-8-24-19(15)23/h2-4,6,8,10-12,17H,5,7,9H2,1H3,(H,26,30). The molecule has 0 aliphatic carbocycles. The Balaban J connectivity index is 1.46. The fraction of sp³-hybridized carbons (Fsp3) is 0.238. The first kappa shape index (κ1) is 20.2. The summed E-state index contributed by atoms with van der Waals surface area (Å²) in [4.78, 5) is 30.7. The monoisotopic (exact) mass is 471 g/mol. The first-order valence-corrected chi connectivity index (χ1v) is 10.2. The number of aryl methyl sites for hydroxylation is 1. The van der Waals surface area contributed by atoms with Crippen molar-refractivity contribution in [3.05, 3.63) is 76.0 Å². The summed E-state index contributed by atoms with van der Waals surface area (Å²) < 4.78 is 15.8. The van der Waals surface area contributed by atoms with E-state index in [1.54, 1.807) is 24.1 Å². The molecule has 0 saturated heterocycles. The molecule has 2 aromatic heterocycles. The summed E-state index contributed by atoms with van der Waals surface area (Å²) in [6.45, 7) is 0. The summed E-state index contributed by atoms with van der Waals surface area (Å²) in [6.07, 6.45) is 5.82. The number of benzene rings is 1. The number of amides is 2. The van der Waals surface area contributed by atoms with Crippen LogP contribution in [0.3, 0.4) is 0 Å². The summed E-state index contributed by atoms with van der Waals surface area (Å²) in [6, 6.07) is 7.92. The average molecular weight is 472 g/mol. The summed E-state index contributed by atoms with van der Waals surface area (Å²) >= 11 is 3.43. The second-order valence-electron chi connectivity index (χ2n) is 7.13. The van der Waals surface area contributed by atoms with Crippen LogP contribution in [0.15, 0.2) is 53.4 Å². The second-order valence-corrected chi connectivity index (χ2v) is 8.05. The molecule has 1 unspecified atom stereocenters. The number of pyridine rings is 1. The van der Waals surface area contributed by atoms with Crippen LogP contribution in [0, 0.1) is 5.95 Å². The first-order valence-electron chi connectivity index (χ1n) is 9.42. The summed E-state index contributed by atoms with van der Waals surface area (Å²) in [5, 5.41) is 6.82. The van der Waals surface area contributed by atoms with Crippen LogP contribution in [0.1, 0.15) is 23.1 Å². The Morgan fingerprint density at radius 1 is 1.37 bits per heavy atom. The van der Waals surface area contributed by atoms with Gasteiger partial charge in [0.05, 0.1) is 6.20 Å². The maximum Gasteiger partial charge on any atom is 0.342 e. The lowest BCUT2D eigenvalue weighted by Crippen LogP contribution is -2.48. The maximum atomic E-state index is 13.7. The number of nitrogens with zero attached hydrogens (tertiary/aromatic N) is 4. The molecule has 7 nitrogen and oxygen atoms in total. The van der Waals surface area contributed by atoms with Crippen molar-refractivity contribution in [2.45, 2.75) is 25.3 Å². The zero-order valence-electron chi connectivity index (χ0n) is 16.2. The first-order chi connectivity index (χ1) is 14.4. The van der Waals surface area contributed by atoms with Crippen LogP contribution in [-0.2, 0) is 17.6 Å². The number of fused-ring (bicyclic) bond motifs is 1. The van der Waals surface area contributed by atoms with Crippen LogP contribution >= 0.6 is 15.9 Å². The van der Waals surface area contributed by atoms with E-state index in [1.807, 2.05) is 18.2 Å². The predicted octanol–water partition coefficient (Wildman–Crippen LogP) is 3.31. The molecule has 4 rings (SSSR count). The van der Waals surface area contributed by atoms with E-state index in [2.05, 4.69) is 31.3 Å². The van der Waals surface area contributed by atoms with E-state index in [1.165, 1.54) is 18.6 Å². The van der Waals surface area contributed by atoms with Crippen molar-refractivity contribution in [3.8, 4) is 0 Å². The third-order valence-corrected chi connectivity index (χ3v) is 5.61. The molecule has 9 heteroatoms. The van der Waals surface area contributed by atoms with E-state index in [9.17, 15) is 14.0 Å². The van der Waals surface area contributed by atoms with Gasteiger partial charge in [0.15, 0.2) is 0 Å². The highest BCUT2D eigenvalue weighted by molar-refractivity contribution is 9.10. The Kier molecular flexibility index (Phi) is 5.63. The largest absolute Gasteiger partial charge is 0.342 e. The number of carbonyl (C=O) groups excluding carboxylic acids is 2. The minimum Gasteiger partial charge on any atom is -0.324 e. The fourth-order valence-corrected chi connectivity index (χ4v) is 3.87. The summed E-state index contributed by atoms with van der Waals surface area (Å²) in [5.41, 5.74) is 2.96. The van der Waals surface area contributed by atoms with Crippen molar-refractivity contribution in [2.75, 3.05) is 11.9 Å². The van der Waals surface area contributed by atoms with E-state index in [4.69, 9.17) is 0 Å². The normalized spacial score (nSPS) is 16.2. The molecule has 0 saturated carbocycles. The lowest BCUT2D eigenvalue weighted by atomic mass is 10.1. The molecule has 30 heavy (non-hydrogen) atoms. The molecule has 3 heterocycles. The highest BCUT2D eigenvalue weighted by Gasteiger charge is 2.30. The number of anilines is 1. The van der Waals surface area contributed by atoms with E-state index >= 15 is 0 Å². The number of carbonyl (C=O) groups is 2. The van der Waals surface area contributed by atoms with Gasteiger partial charge in [-0.05, 0) is 42.2 Å². The molecule has 1 aliphatic rings. The third-order valence-electron chi connectivity index (χ3n) is 5.11. The Morgan fingerprint density at radius 2 is 2.20 bits per heavy atom. The van der Waals surface area contributed by atoms with E-state index in [0.717, 1.165) is 20.4 Å². The number of nitrogens with one attached hydrogen (secondary N) is 1. The summed E-state index contributed by atoms with van der Waals surface area (Å²) in [7, 11) is 1.70. The van der Waals surface area contributed by atoms with Crippen molar-refractivity contribution >= 4 is 33.6 Å². The molecule has 3 aromatic rings. The van der Waals surface area contributed by atoms with Gasteiger partial charge in [-0.2, -0.15) is 14.2 Å². The Labute approximate surface area is 181 Å². The number of rotatable bonds is 3. The summed E-state index contributed by atoms with van der Waals surface area (Å²) in [5.74, 6) is -0.738. The Morgan fingerprint density at radius 3 is 3.00 bits per heavy atom. The Bertz CT molecular complexity index is 1120. The van der Waals surface area contributed by atoms with E-state index in [-0.39, 0.29) is 12.3 Å². The molecular formula is C21H19BrFN5O2. The zero-order valence-corrected chi connectivity index (χ0v) is 17.8. The van der Waals surface area contributed by atoms with Crippen LogP contribution < -0.4 is 10.2 Å². The smallest absolute Gasteiger partial charge is 0.324 e. The number of likely N-dealkylation sites (N-methyl/N-ethyl adjacent to an activating group) is 1. The molecule has 1 aliphatic heterocycles. The van der Waals surface area contributed by atoms with Crippen LogP contribution in [0.25, 0.3) is 0 Å². The van der Waals surface area contributed by atoms with Gasteiger partial charge in [0.2, 0.25) is 11.9 Å². The van der Waals surface area contributed by atoms with Crippen LogP contribution in [0.5, 0.6) is 0 Å². The molecular weight excluding hydrogens is 453 g/mol. The predicted molar refractivity (Wildman–Crippen MR) is 113 cm³/mol. The highest BCUT2D eigenvalue weighted by Crippen LogP contribution is 2.29. The van der Waals surface area contributed by atoms with E-state index in [0.29, 0.717) is 24.0 Å². The minimum absolute atomic E-state index is 0.190. The van der Waals surface area contributed by atoms with Crippen molar-refractivity contribution in [1.29, 1.82) is 0 Å². The lowest BCUT2D eigenvalue weighted by Gasteiger charge is -2.22. The molecule has 1 N–H and O–H groups in total. The number of hydrogen-bond donors (Lipinski definition) is 1. The van der Waals surface area contributed by atoms with Crippen molar-refractivity contribution in [3.63, 3.8) is 0 Å². The van der Waals surface area contributed by atoms with Crippen LogP contribution in [0.2, 0.25) is 0 Å². The van der Waals surface area contributed by atoms with Gasteiger partial charge in [0.25, 0.3) is 0 Å². The van der Waals surface area contributed by atoms with Gasteiger partial charge in [-0.3, -0.25) is 4.79 Å². The molecule has 154 valence electrons. The van der Waals surface area contributed by atoms with Crippen molar-refractivity contribution in [1.82, 2.24) is 20.1 Å². The molecule has 1 atom stereocenters. The third kappa shape index (κ3) is 4.11. The topological polar surface area (TPSA) is 80.1 Å². The fourth-order valence-electron chi connectivity index (χ4n) is 3.52. The quantitative estimate of drug-likeness (QED) is 0.594. The minimum atomic E-state index is -0.669. The van der Waals surface area contributed by atoms with Gasteiger partial charge in [-0.15, -0.1) is 0 Å².